The van der Waals surface area contributed by atoms with Crippen LogP contribution in [0.2, 0.25) is 0 Å². The fourth-order valence-corrected chi connectivity index (χ4v) is 4.43. The van der Waals surface area contributed by atoms with Crippen LogP contribution in [-0.2, 0) is 9.59 Å². The van der Waals surface area contributed by atoms with Crippen molar-refractivity contribution in [1.29, 1.82) is 0 Å². The maximum Gasteiger partial charge on any atom is 0.315 e. The maximum atomic E-state index is 11.7. The van der Waals surface area contributed by atoms with E-state index in [0.717, 1.165) is 12.2 Å². The standard InChI is InChI=1S/C13H21N3O4S/c1-14-5-9(17)7(12(18)19)3-2-4-10-11-8(6-21-10)15-13(20)16-11/h7-8,10-11,14H,2-6H2,1H3,(H,18,19)(H2,15,16,20)/t7?,8-,10-,11-/m0/s1. The fourth-order valence-electron chi connectivity index (χ4n) is 2.89. The summed E-state index contributed by atoms with van der Waals surface area (Å²) in [5.74, 6) is -1.38. The highest BCUT2D eigenvalue weighted by atomic mass is 32.2. The highest BCUT2D eigenvalue weighted by Gasteiger charge is 2.42. The number of carbonyl (C=O) groups is 3. The second-order valence-electron chi connectivity index (χ2n) is 5.44. The topological polar surface area (TPSA) is 108 Å². The molecule has 2 rings (SSSR count). The van der Waals surface area contributed by atoms with Crippen molar-refractivity contribution >= 4 is 29.5 Å². The number of carboxylic acids is 1. The highest BCUT2D eigenvalue weighted by molar-refractivity contribution is 8.00. The van der Waals surface area contributed by atoms with Crippen molar-refractivity contribution in [1.82, 2.24) is 16.0 Å². The number of amides is 2. The first-order valence-corrected chi connectivity index (χ1v) is 8.16. The molecule has 4 atom stereocenters. The lowest BCUT2D eigenvalue weighted by atomic mass is 9.95. The predicted octanol–water partition coefficient (Wildman–Crippen LogP) is -0.189. The number of urea groups is 1. The number of hydrogen-bond acceptors (Lipinski definition) is 5. The Morgan fingerprint density at radius 3 is 2.90 bits per heavy atom. The minimum Gasteiger partial charge on any atom is -0.481 e. The molecule has 0 saturated carbocycles. The highest BCUT2D eigenvalue weighted by Crippen LogP contribution is 2.33. The molecule has 0 aromatic carbocycles. The lowest BCUT2D eigenvalue weighted by Crippen LogP contribution is -2.37. The lowest BCUT2D eigenvalue weighted by molar-refractivity contribution is -0.146. The van der Waals surface area contributed by atoms with E-state index in [4.69, 9.17) is 5.11 Å². The Morgan fingerprint density at radius 2 is 2.24 bits per heavy atom. The van der Waals surface area contributed by atoms with Crippen molar-refractivity contribution in [3.05, 3.63) is 0 Å². The van der Waals surface area contributed by atoms with Crippen LogP contribution in [0.15, 0.2) is 0 Å². The normalized spacial score (nSPS) is 28.6. The molecule has 0 radical (unpaired) electrons. The molecule has 2 heterocycles. The van der Waals surface area contributed by atoms with Gasteiger partial charge in [0, 0.05) is 11.0 Å². The van der Waals surface area contributed by atoms with Crippen molar-refractivity contribution in [2.24, 2.45) is 5.92 Å². The molecule has 1 unspecified atom stereocenters. The van der Waals surface area contributed by atoms with E-state index in [1.807, 2.05) is 0 Å². The minimum absolute atomic E-state index is 0.0832. The van der Waals surface area contributed by atoms with Crippen LogP contribution >= 0.6 is 11.8 Å². The van der Waals surface area contributed by atoms with Crippen LogP contribution in [0.3, 0.4) is 0 Å². The van der Waals surface area contributed by atoms with E-state index >= 15 is 0 Å². The van der Waals surface area contributed by atoms with Crippen LogP contribution in [0.4, 0.5) is 4.79 Å². The molecule has 2 fully saturated rings. The molecule has 2 aliphatic rings. The summed E-state index contributed by atoms with van der Waals surface area (Å²) in [7, 11) is 1.63. The van der Waals surface area contributed by atoms with E-state index in [0.29, 0.717) is 18.1 Å². The molecule has 0 bridgehead atoms. The van der Waals surface area contributed by atoms with Crippen molar-refractivity contribution in [3.8, 4) is 0 Å². The van der Waals surface area contributed by atoms with Crippen molar-refractivity contribution in [2.45, 2.75) is 36.6 Å². The number of likely N-dealkylation sites (N-methyl/N-ethyl adjacent to an activating group) is 1. The predicted molar refractivity (Wildman–Crippen MR) is 79.4 cm³/mol. The number of rotatable bonds is 8. The average molecular weight is 315 g/mol. The molecule has 0 aromatic rings. The second-order valence-corrected chi connectivity index (χ2v) is 6.71. The zero-order valence-electron chi connectivity index (χ0n) is 11.9. The molecule has 0 aromatic heterocycles. The summed E-state index contributed by atoms with van der Waals surface area (Å²) in [6, 6.07) is 0.176. The third kappa shape index (κ3) is 3.88. The first-order chi connectivity index (χ1) is 10.0. The van der Waals surface area contributed by atoms with Gasteiger partial charge in [0.25, 0.3) is 0 Å². The van der Waals surface area contributed by atoms with Crippen LogP contribution in [0.1, 0.15) is 19.3 Å². The van der Waals surface area contributed by atoms with Gasteiger partial charge in [-0.05, 0) is 19.9 Å². The van der Waals surface area contributed by atoms with Gasteiger partial charge in [0.2, 0.25) is 0 Å². The Bertz CT molecular complexity index is 432. The first-order valence-electron chi connectivity index (χ1n) is 7.11. The lowest BCUT2D eigenvalue weighted by Gasteiger charge is -2.17. The number of nitrogens with one attached hydrogen (secondary N) is 3. The Balaban J connectivity index is 1.78. The fraction of sp³-hybridized carbons (Fsp3) is 0.769. The average Bonchev–Trinajstić information content (AvgIpc) is 2.94. The zero-order chi connectivity index (χ0) is 15.4. The number of Topliss-reactive ketones (excluding diaryl/α,β-unsaturated/α-hetero) is 1. The minimum atomic E-state index is -1.05. The molecule has 21 heavy (non-hydrogen) atoms. The summed E-state index contributed by atoms with van der Waals surface area (Å²) in [6.45, 7) is 0.0832. The number of thioether (sulfide) groups is 1. The van der Waals surface area contributed by atoms with Gasteiger partial charge in [-0.25, -0.2) is 4.79 Å². The second kappa shape index (κ2) is 7.13. The molecule has 8 heteroatoms. The summed E-state index contributed by atoms with van der Waals surface area (Å²) in [4.78, 5) is 34.1. The molecule has 4 N–H and O–H groups in total. The van der Waals surface area contributed by atoms with Crippen LogP contribution < -0.4 is 16.0 Å². The van der Waals surface area contributed by atoms with Gasteiger partial charge in [0.05, 0.1) is 18.6 Å². The summed E-state index contributed by atoms with van der Waals surface area (Å²) in [5, 5.41) is 17.9. The van der Waals surface area contributed by atoms with Crippen LogP contribution in [-0.4, -0.2) is 59.6 Å². The Hall–Kier alpha value is -1.28. The van der Waals surface area contributed by atoms with Crippen molar-refractivity contribution < 1.29 is 19.5 Å². The van der Waals surface area contributed by atoms with Gasteiger partial charge in [-0.3, -0.25) is 9.59 Å². The number of carboxylic acid groups (broad SMARTS) is 1. The summed E-state index contributed by atoms with van der Waals surface area (Å²) >= 11 is 1.79. The molecular weight excluding hydrogens is 294 g/mol. The third-order valence-corrected chi connectivity index (χ3v) is 5.47. The Labute approximate surface area is 127 Å². The van der Waals surface area contributed by atoms with Gasteiger partial charge in [-0.2, -0.15) is 11.8 Å². The summed E-state index contributed by atoms with van der Waals surface area (Å²) in [5.41, 5.74) is 0. The van der Waals surface area contributed by atoms with Crippen molar-refractivity contribution in [3.63, 3.8) is 0 Å². The number of fused-ring (bicyclic) bond motifs is 1. The smallest absolute Gasteiger partial charge is 0.315 e. The quantitative estimate of drug-likeness (QED) is 0.365. The van der Waals surface area contributed by atoms with E-state index in [2.05, 4.69) is 16.0 Å². The van der Waals surface area contributed by atoms with Gasteiger partial charge in [-0.15, -0.1) is 0 Å². The molecule has 0 spiro atoms. The van der Waals surface area contributed by atoms with Crippen LogP contribution in [0.5, 0.6) is 0 Å². The van der Waals surface area contributed by atoms with Gasteiger partial charge >= 0.3 is 12.0 Å². The van der Waals surface area contributed by atoms with E-state index in [1.54, 1.807) is 18.8 Å². The molecule has 2 aliphatic heterocycles. The van der Waals surface area contributed by atoms with Crippen LogP contribution in [0, 0.1) is 5.92 Å². The number of ketones is 1. The Kier molecular flexibility index (Phi) is 5.46. The first kappa shape index (κ1) is 16.1. The largest absolute Gasteiger partial charge is 0.481 e. The molecule has 2 amide bonds. The molecule has 118 valence electrons. The molecule has 2 saturated heterocycles. The van der Waals surface area contributed by atoms with Gasteiger partial charge in [0.15, 0.2) is 5.78 Å². The van der Waals surface area contributed by atoms with Gasteiger partial charge in [-0.1, -0.05) is 6.42 Å². The molecule has 0 aliphatic carbocycles. The van der Waals surface area contributed by atoms with Gasteiger partial charge < -0.3 is 21.1 Å². The number of hydrogen-bond donors (Lipinski definition) is 4. The SMILES string of the molecule is CNCC(=O)C(CCC[C@@H]1SC[C@@H]2NC(=O)N[C@@H]21)C(=O)O. The summed E-state index contributed by atoms with van der Waals surface area (Å²) in [6.07, 6.45) is 1.83. The molecular formula is C13H21N3O4S. The van der Waals surface area contributed by atoms with Crippen LogP contribution in [0.25, 0.3) is 0 Å². The van der Waals surface area contributed by atoms with Crippen molar-refractivity contribution in [2.75, 3.05) is 19.3 Å². The zero-order valence-corrected chi connectivity index (χ0v) is 12.7. The van der Waals surface area contributed by atoms with E-state index in [9.17, 15) is 14.4 Å². The van der Waals surface area contributed by atoms with E-state index in [1.165, 1.54) is 0 Å². The Morgan fingerprint density at radius 1 is 1.48 bits per heavy atom. The van der Waals surface area contributed by atoms with Gasteiger partial charge in [0.1, 0.15) is 5.92 Å². The number of carbonyl (C=O) groups excluding carboxylic acids is 2. The summed E-state index contributed by atoms with van der Waals surface area (Å²) < 4.78 is 0. The monoisotopic (exact) mass is 315 g/mol. The third-order valence-electron chi connectivity index (χ3n) is 3.96. The van der Waals surface area contributed by atoms with E-state index in [-0.39, 0.29) is 30.4 Å². The molecule has 7 nitrogen and oxygen atoms in total. The maximum absolute atomic E-state index is 11.7. The number of aliphatic carboxylic acids is 1. The van der Waals surface area contributed by atoms with E-state index < -0.39 is 11.9 Å².